The number of hydrogen-bond donors (Lipinski definition) is 0. The molecule has 0 spiro atoms. The fraction of sp³-hybridized carbons (Fsp3) is 0.382. The van der Waals surface area contributed by atoms with E-state index < -0.39 is 0 Å². The van der Waals surface area contributed by atoms with Gasteiger partial charge in [0.1, 0.15) is 0 Å². The number of amides is 1. The molecule has 4 rings (SSSR count). The van der Waals surface area contributed by atoms with Crippen molar-refractivity contribution >= 4 is 17.4 Å². The standard InChI is InChI=1S/C34H41NO4/c1-3-28(26-27-14-7-5-8-15-27)33(29-16-9-6-10-17-29)30-19-21-31(22-20-30)35(34(36)37-4-2)23-13-25-39-32-18-11-12-24-38-32/h5-10,14-17,19-22,32H,3-4,11-13,18,23-26H2,1-2H3/b33-28-. The van der Waals surface area contributed by atoms with Crippen molar-refractivity contribution in [3.8, 4) is 0 Å². The van der Waals surface area contributed by atoms with Gasteiger partial charge in [0.15, 0.2) is 6.29 Å². The van der Waals surface area contributed by atoms with E-state index in [2.05, 4.69) is 73.7 Å². The maximum Gasteiger partial charge on any atom is 0.414 e. The lowest BCUT2D eigenvalue weighted by atomic mass is 9.88. The Labute approximate surface area is 233 Å². The first-order chi connectivity index (χ1) is 19.2. The summed E-state index contributed by atoms with van der Waals surface area (Å²) in [6.07, 6.45) is 5.24. The molecule has 0 aromatic heterocycles. The molecule has 5 heteroatoms. The van der Waals surface area contributed by atoms with Gasteiger partial charge < -0.3 is 14.2 Å². The SMILES string of the molecule is CCOC(=O)N(CCCOC1CCCCO1)c1ccc(/C(=C(/CC)Cc2ccccc2)c2ccccc2)cc1. The topological polar surface area (TPSA) is 48.0 Å². The zero-order valence-electron chi connectivity index (χ0n) is 23.3. The molecule has 0 bridgehead atoms. The predicted octanol–water partition coefficient (Wildman–Crippen LogP) is 8.04. The third-order valence-corrected chi connectivity index (χ3v) is 7.03. The van der Waals surface area contributed by atoms with Crippen LogP contribution >= 0.6 is 0 Å². The molecule has 3 aromatic carbocycles. The molecule has 5 nitrogen and oxygen atoms in total. The number of anilines is 1. The molecule has 1 aliphatic heterocycles. The summed E-state index contributed by atoms with van der Waals surface area (Å²) in [5.74, 6) is 0. The van der Waals surface area contributed by atoms with Crippen molar-refractivity contribution in [3.05, 3.63) is 107 Å². The largest absolute Gasteiger partial charge is 0.449 e. The smallest absolute Gasteiger partial charge is 0.414 e. The molecular formula is C34H41NO4. The minimum atomic E-state index is -0.337. The van der Waals surface area contributed by atoms with E-state index in [1.807, 2.05) is 25.1 Å². The molecule has 1 unspecified atom stereocenters. The van der Waals surface area contributed by atoms with Crippen LogP contribution < -0.4 is 4.90 Å². The summed E-state index contributed by atoms with van der Waals surface area (Å²) in [5.41, 5.74) is 7.08. The van der Waals surface area contributed by atoms with Crippen molar-refractivity contribution in [3.63, 3.8) is 0 Å². The van der Waals surface area contributed by atoms with Crippen LogP contribution in [-0.2, 0) is 20.6 Å². The van der Waals surface area contributed by atoms with Crippen molar-refractivity contribution < 1.29 is 19.0 Å². The lowest BCUT2D eigenvalue weighted by molar-refractivity contribution is -0.162. The summed E-state index contributed by atoms with van der Waals surface area (Å²) in [4.78, 5) is 14.6. The molecule has 0 aliphatic carbocycles. The second-order valence-electron chi connectivity index (χ2n) is 9.78. The number of allylic oxidation sites excluding steroid dienone is 1. The normalized spacial score (nSPS) is 15.9. The monoisotopic (exact) mass is 527 g/mol. The highest BCUT2D eigenvalue weighted by Gasteiger charge is 2.19. The van der Waals surface area contributed by atoms with Crippen LogP contribution in [0.25, 0.3) is 5.57 Å². The van der Waals surface area contributed by atoms with Gasteiger partial charge in [-0.3, -0.25) is 4.90 Å². The van der Waals surface area contributed by atoms with Gasteiger partial charge in [-0.05, 0) is 79.8 Å². The number of benzene rings is 3. The van der Waals surface area contributed by atoms with Crippen LogP contribution in [-0.4, -0.2) is 38.7 Å². The molecule has 1 saturated heterocycles. The first kappa shape index (κ1) is 28.6. The molecule has 1 aliphatic rings. The summed E-state index contributed by atoms with van der Waals surface area (Å²) >= 11 is 0. The second-order valence-corrected chi connectivity index (χ2v) is 9.78. The highest BCUT2D eigenvalue weighted by molar-refractivity contribution is 5.89. The Kier molecular flexibility index (Phi) is 11.2. The zero-order valence-corrected chi connectivity index (χ0v) is 23.3. The molecule has 1 amide bonds. The number of carbonyl (C=O) groups excluding carboxylic acids is 1. The molecule has 1 heterocycles. The number of nitrogens with zero attached hydrogens (tertiary/aromatic N) is 1. The van der Waals surface area contributed by atoms with Crippen LogP contribution in [0.3, 0.4) is 0 Å². The average Bonchev–Trinajstić information content (AvgIpc) is 2.99. The van der Waals surface area contributed by atoms with Crippen molar-refractivity contribution in [1.29, 1.82) is 0 Å². The predicted molar refractivity (Wildman–Crippen MR) is 158 cm³/mol. The Hall–Kier alpha value is -3.41. The minimum absolute atomic E-state index is 0.124. The van der Waals surface area contributed by atoms with Gasteiger partial charge in [0.25, 0.3) is 0 Å². The Balaban J connectivity index is 1.55. The van der Waals surface area contributed by atoms with E-state index in [9.17, 15) is 4.79 Å². The van der Waals surface area contributed by atoms with E-state index in [1.165, 1.54) is 22.3 Å². The number of rotatable bonds is 12. The maximum atomic E-state index is 12.9. The van der Waals surface area contributed by atoms with Gasteiger partial charge in [-0.25, -0.2) is 4.79 Å². The Morgan fingerprint density at radius 2 is 1.59 bits per heavy atom. The molecule has 1 atom stereocenters. The Morgan fingerprint density at radius 1 is 0.897 bits per heavy atom. The Morgan fingerprint density at radius 3 is 2.23 bits per heavy atom. The van der Waals surface area contributed by atoms with E-state index in [4.69, 9.17) is 14.2 Å². The zero-order chi connectivity index (χ0) is 27.3. The van der Waals surface area contributed by atoms with E-state index in [1.54, 1.807) is 4.90 Å². The summed E-state index contributed by atoms with van der Waals surface area (Å²) < 4.78 is 16.9. The summed E-state index contributed by atoms with van der Waals surface area (Å²) in [6, 6.07) is 29.5. The molecule has 39 heavy (non-hydrogen) atoms. The van der Waals surface area contributed by atoms with Crippen LogP contribution in [0.15, 0.2) is 90.5 Å². The second kappa shape index (κ2) is 15.2. The van der Waals surface area contributed by atoms with Crippen LogP contribution in [0.2, 0.25) is 0 Å². The van der Waals surface area contributed by atoms with Crippen LogP contribution in [0, 0.1) is 0 Å². The molecule has 206 valence electrons. The van der Waals surface area contributed by atoms with Crippen molar-refractivity contribution in [2.45, 2.75) is 58.7 Å². The molecule has 3 aromatic rings. The Bertz CT molecular complexity index is 1170. The first-order valence-corrected chi connectivity index (χ1v) is 14.3. The van der Waals surface area contributed by atoms with E-state index in [0.29, 0.717) is 26.2 Å². The molecule has 0 radical (unpaired) electrons. The van der Waals surface area contributed by atoms with Gasteiger partial charge in [0.05, 0.1) is 13.2 Å². The first-order valence-electron chi connectivity index (χ1n) is 14.3. The maximum absolute atomic E-state index is 12.9. The molecular weight excluding hydrogens is 486 g/mol. The lowest BCUT2D eigenvalue weighted by Gasteiger charge is -2.25. The van der Waals surface area contributed by atoms with E-state index in [-0.39, 0.29) is 12.4 Å². The van der Waals surface area contributed by atoms with Crippen LogP contribution in [0.5, 0.6) is 0 Å². The van der Waals surface area contributed by atoms with Gasteiger partial charge in [0.2, 0.25) is 0 Å². The van der Waals surface area contributed by atoms with E-state index >= 15 is 0 Å². The van der Waals surface area contributed by atoms with Crippen LogP contribution in [0.4, 0.5) is 10.5 Å². The van der Waals surface area contributed by atoms with Crippen LogP contribution in [0.1, 0.15) is 62.6 Å². The molecule has 0 N–H and O–H groups in total. The summed E-state index contributed by atoms with van der Waals surface area (Å²) in [7, 11) is 0. The third-order valence-electron chi connectivity index (χ3n) is 7.03. The summed E-state index contributed by atoms with van der Waals surface area (Å²) in [6.45, 7) is 6.20. The fourth-order valence-electron chi connectivity index (χ4n) is 5.03. The van der Waals surface area contributed by atoms with E-state index in [0.717, 1.165) is 50.0 Å². The number of hydrogen-bond acceptors (Lipinski definition) is 4. The highest BCUT2D eigenvalue weighted by Crippen LogP contribution is 2.32. The summed E-state index contributed by atoms with van der Waals surface area (Å²) in [5, 5.41) is 0. The van der Waals surface area contributed by atoms with Gasteiger partial charge in [-0.15, -0.1) is 0 Å². The quantitative estimate of drug-likeness (QED) is 0.224. The van der Waals surface area contributed by atoms with Gasteiger partial charge >= 0.3 is 6.09 Å². The van der Waals surface area contributed by atoms with Crippen molar-refractivity contribution in [2.75, 3.05) is 31.3 Å². The van der Waals surface area contributed by atoms with Gasteiger partial charge in [0, 0.05) is 18.8 Å². The highest BCUT2D eigenvalue weighted by atomic mass is 16.7. The van der Waals surface area contributed by atoms with Gasteiger partial charge in [-0.1, -0.05) is 85.3 Å². The third kappa shape index (κ3) is 8.29. The number of carbonyl (C=O) groups is 1. The minimum Gasteiger partial charge on any atom is -0.449 e. The lowest BCUT2D eigenvalue weighted by Crippen LogP contribution is -2.33. The molecule has 0 saturated carbocycles. The van der Waals surface area contributed by atoms with Gasteiger partial charge in [-0.2, -0.15) is 0 Å². The fourth-order valence-corrected chi connectivity index (χ4v) is 5.03. The van der Waals surface area contributed by atoms with Crippen molar-refractivity contribution in [2.24, 2.45) is 0 Å². The average molecular weight is 528 g/mol. The van der Waals surface area contributed by atoms with Crippen molar-refractivity contribution in [1.82, 2.24) is 0 Å². The molecule has 1 fully saturated rings. The number of ether oxygens (including phenoxy) is 3.